The number of amides is 2. The second kappa shape index (κ2) is 6.82. The van der Waals surface area contributed by atoms with Crippen LogP contribution in [0, 0.1) is 5.82 Å². The second-order valence-electron chi connectivity index (χ2n) is 5.81. The van der Waals surface area contributed by atoms with Gasteiger partial charge in [0.1, 0.15) is 11.5 Å². The minimum absolute atomic E-state index is 0.153. The number of urea groups is 1. The summed E-state index contributed by atoms with van der Waals surface area (Å²) >= 11 is 0. The van der Waals surface area contributed by atoms with Gasteiger partial charge in [0, 0.05) is 19.1 Å². The van der Waals surface area contributed by atoms with Gasteiger partial charge in [0.25, 0.3) is 5.56 Å². The summed E-state index contributed by atoms with van der Waals surface area (Å²) in [6.07, 6.45) is 4.66. The number of hydrogen-bond acceptors (Lipinski definition) is 3. The molecule has 2 amide bonds. The largest absolute Gasteiger partial charge is 0.322 e. The number of hydrogen-bond donors (Lipinski definition) is 1. The van der Waals surface area contributed by atoms with E-state index in [1.54, 1.807) is 17.0 Å². The first-order valence-electron chi connectivity index (χ1n) is 7.95. The van der Waals surface area contributed by atoms with Crippen LogP contribution in [0.15, 0.2) is 41.6 Å². The normalized spacial score (nSPS) is 13.6. The molecule has 0 spiro atoms. The lowest BCUT2D eigenvalue weighted by atomic mass is 10.2. The molecule has 24 heavy (non-hydrogen) atoms. The van der Waals surface area contributed by atoms with E-state index in [1.165, 1.54) is 29.2 Å². The van der Waals surface area contributed by atoms with Gasteiger partial charge < -0.3 is 10.2 Å². The molecule has 7 heteroatoms. The summed E-state index contributed by atoms with van der Waals surface area (Å²) in [5, 5.41) is 2.66. The van der Waals surface area contributed by atoms with Gasteiger partial charge in [-0.1, -0.05) is 12.1 Å². The number of rotatable bonds is 5. The Bertz CT molecular complexity index is 784. The molecule has 0 aliphatic heterocycles. The maximum atomic E-state index is 13.0. The van der Waals surface area contributed by atoms with Gasteiger partial charge in [-0.25, -0.2) is 14.2 Å². The Morgan fingerprint density at radius 2 is 2.08 bits per heavy atom. The van der Waals surface area contributed by atoms with Crippen molar-refractivity contribution in [1.82, 2.24) is 14.5 Å². The van der Waals surface area contributed by atoms with E-state index in [1.807, 2.05) is 6.92 Å². The van der Waals surface area contributed by atoms with Crippen LogP contribution in [0.5, 0.6) is 0 Å². The van der Waals surface area contributed by atoms with Gasteiger partial charge >= 0.3 is 6.03 Å². The Morgan fingerprint density at radius 1 is 1.38 bits per heavy atom. The first-order chi connectivity index (χ1) is 11.6. The highest BCUT2D eigenvalue weighted by Gasteiger charge is 2.33. The number of carbonyl (C=O) groups is 1. The first kappa shape index (κ1) is 16.2. The predicted molar refractivity (Wildman–Crippen MR) is 88.2 cm³/mol. The van der Waals surface area contributed by atoms with Crippen molar-refractivity contribution >= 4 is 11.7 Å². The van der Waals surface area contributed by atoms with Crippen LogP contribution >= 0.6 is 0 Å². The first-order valence-corrected chi connectivity index (χ1v) is 7.95. The third-order valence-corrected chi connectivity index (χ3v) is 4.00. The molecule has 126 valence electrons. The molecule has 0 bridgehead atoms. The highest BCUT2D eigenvalue weighted by atomic mass is 19.1. The molecule has 1 aromatic carbocycles. The fourth-order valence-electron chi connectivity index (χ4n) is 2.49. The summed E-state index contributed by atoms with van der Waals surface area (Å²) in [6.45, 7) is 2.69. The summed E-state index contributed by atoms with van der Waals surface area (Å²) in [5.41, 5.74) is 0.725. The van der Waals surface area contributed by atoms with Crippen molar-refractivity contribution in [1.29, 1.82) is 0 Å². The Morgan fingerprint density at radius 3 is 2.71 bits per heavy atom. The van der Waals surface area contributed by atoms with E-state index in [0.717, 1.165) is 18.4 Å². The van der Waals surface area contributed by atoms with Crippen molar-refractivity contribution in [3.63, 3.8) is 0 Å². The van der Waals surface area contributed by atoms with E-state index < -0.39 is 0 Å². The Labute approximate surface area is 138 Å². The average molecular weight is 330 g/mol. The number of nitrogens with zero attached hydrogens (tertiary/aromatic N) is 3. The van der Waals surface area contributed by atoms with Gasteiger partial charge in [-0.2, -0.15) is 0 Å². The van der Waals surface area contributed by atoms with Crippen molar-refractivity contribution < 1.29 is 9.18 Å². The summed E-state index contributed by atoms with van der Waals surface area (Å²) in [6, 6.07) is 5.88. The minimum atomic E-state index is -0.338. The van der Waals surface area contributed by atoms with Crippen LogP contribution in [0.3, 0.4) is 0 Å². The lowest BCUT2D eigenvalue weighted by Gasteiger charge is -2.23. The molecule has 1 aliphatic rings. The number of anilines is 1. The Kier molecular flexibility index (Phi) is 4.59. The van der Waals surface area contributed by atoms with Crippen LogP contribution < -0.4 is 10.9 Å². The number of benzene rings is 1. The van der Waals surface area contributed by atoms with E-state index in [0.29, 0.717) is 13.1 Å². The molecule has 6 nitrogen and oxygen atoms in total. The summed E-state index contributed by atoms with van der Waals surface area (Å²) < 4.78 is 14.4. The number of aryl methyl sites for hydroxylation is 1. The molecular weight excluding hydrogens is 311 g/mol. The van der Waals surface area contributed by atoms with Crippen LogP contribution in [0.1, 0.15) is 25.3 Å². The van der Waals surface area contributed by atoms with Crippen LogP contribution in [0.25, 0.3) is 0 Å². The molecule has 0 saturated heterocycles. The van der Waals surface area contributed by atoms with Gasteiger partial charge in [-0.3, -0.25) is 9.36 Å². The van der Waals surface area contributed by atoms with Crippen LogP contribution in [-0.2, 0) is 13.1 Å². The quantitative estimate of drug-likeness (QED) is 0.916. The fourth-order valence-corrected chi connectivity index (χ4v) is 2.49. The summed E-state index contributed by atoms with van der Waals surface area (Å²) in [5.74, 6) is -0.309. The van der Waals surface area contributed by atoms with E-state index in [-0.39, 0.29) is 29.1 Å². The van der Waals surface area contributed by atoms with Gasteiger partial charge in [-0.15, -0.1) is 0 Å². The molecule has 3 rings (SSSR count). The zero-order chi connectivity index (χ0) is 17.1. The van der Waals surface area contributed by atoms with Gasteiger partial charge in [0.15, 0.2) is 0 Å². The standard InChI is InChI=1S/C17H19FN4O2/c1-2-21-11-19-9-15(16(21)23)20-17(24)22(14-7-8-14)10-12-3-5-13(18)6-4-12/h3-6,9,11,14H,2,7-8,10H2,1H3,(H,20,24). The van der Waals surface area contributed by atoms with Crippen molar-refractivity contribution in [3.8, 4) is 0 Å². The van der Waals surface area contributed by atoms with E-state index >= 15 is 0 Å². The number of aromatic nitrogens is 2. The van der Waals surface area contributed by atoms with Crippen molar-refractivity contribution in [2.45, 2.75) is 38.9 Å². The third-order valence-electron chi connectivity index (χ3n) is 4.00. The van der Waals surface area contributed by atoms with E-state index in [2.05, 4.69) is 10.3 Å². The molecule has 1 N–H and O–H groups in total. The maximum absolute atomic E-state index is 13.0. The summed E-state index contributed by atoms with van der Waals surface area (Å²) in [4.78, 5) is 30.4. The second-order valence-corrected chi connectivity index (χ2v) is 5.81. The average Bonchev–Trinajstić information content (AvgIpc) is 3.41. The predicted octanol–water partition coefficient (Wildman–Crippen LogP) is 2.60. The van der Waals surface area contributed by atoms with E-state index in [4.69, 9.17) is 0 Å². The lowest BCUT2D eigenvalue weighted by molar-refractivity contribution is 0.206. The molecule has 1 aromatic heterocycles. The fraction of sp³-hybridized carbons (Fsp3) is 0.353. The van der Waals surface area contributed by atoms with Crippen LogP contribution in [-0.4, -0.2) is 26.5 Å². The molecule has 1 heterocycles. The molecule has 1 aliphatic carbocycles. The monoisotopic (exact) mass is 330 g/mol. The Balaban J connectivity index is 1.76. The smallest absolute Gasteiger partial charge is 0.317 e. The molecule has 0 radical (unpaired) electrons. The molecule has 0 unspecified atom stereocenters. The number of carbonyl (C=O) groups excluding carboxylic acids is 1. The molecular formula is C17H19FN4O2. The van der Waals surface area contributed by atoms with Gasteiger partial charge in [0.2, 0.25) is 0 Å². The zero-order valence-electron chi connectivity index (χ0n) is 13.4. The summed E-state index contributed by atoms with van der Waals surface area (Å²) in [7, 11) is 0. The lowest BCUT2D eigenvalue weighted by Crippen LogP contribution is -2.38. The molecule has 1 fully saturated rings. The maximum Gasteiger partial charge on any atom is 0.322 e. The Hall–Kier alpha value is -2.70. The zero-order valence-corrected chi connectivity index (χ0v) is 13.4. The number of halogens is 1. The van der Waals surface area contributed by atoms with Crippen molar-refractivity contribution in [2.24, 2.45) is 0 Å². The van der Waals surface area contributed by atoms with Gasteiger partial charge in [0.05, 0.1) is 12.5 Å². The molecule has 0 atom stereocenters. The van der Waals surface area contributed by atoms with Crippen LogP contribution in [0.2, 0.25) is 0 Å². The highest BCUT2D eigenvalue weighted by molar-refractivity contribution is 5.89. The van der Waals surface area contributed by atoms with Crippen molar-refractivity contribution in [3.05, 3.63) is 58.5 Å². The third kappa shape index (κ3) is 3.61. The highest BCUT2D eigenvalue weighted by Crippen LogP contribution is 2.28. The van der Waals surface area contributed by atoms with E-state index in [9.17, 15) is 14.0 Å². The molecule has 2 aromatic rings. The minimum Gasteiger partial charge on any atom is -0.317 e. The number of nitrogens with one attached hydrogen (secondary N) is 1. The van der Waals surface area contributed by atoms with Gasteiger partial charge in [-0.05, 0) is 37.5 Å². The topological polar surface area (TPSA) is 67.2 Å². The molecule has 1 saturated carbocycles. The van der Waals surface area contributed by atoms with Crippen LogP contribution in [0.4, 0.5) is 14.9 Å². The SMILES string of the molecule is CCn1cncc(NC(=O)N(Cc2ccc(F)cc2)C2CC2)c1=O. The van der Waals surface area contributed by atoms with Crippen molar-refractivity contribution in [2.75, 3.05) is 5.32 Å².